The smallest absolute Gasteiger partial charge is 0.254 e. The minimum Gasteiger partial charge on any atom is -0.493 e. The Labute approximate surface area is 236 Å². The molecule has 1 aliphatic rings. The Bertz CT molecular complexity index is 1810. The first-order valence-electron chi connectivity index (χ1n) is 13.3. The van der Waals surface area contributed by atoms with Gasteiger partial charge in [0, 0.05) is 42.5 Å². The van der Waals surface area contributed by atoms with Crippen molar-refractivity contribution in [1.29, 1.82) is 0 Å². The summed E-state index contributed by atoms with van der Waals surface area (Å²) in [6.07, 6.45) is 1.71. The summed E-state index contributed by atoms with van der Waals surface area (Å²) in [5.41, 5.74) is 2.40. The number of rotatable bonds is 7. The van der Waals surface area contributed by atoms with Crippen LogP contribution in [0.5, 0.6) is 11.5 Å². The van der Waals surface area contributed by atoms with Gasteiger partial charge in [-0.25, -0.2) is 0 Å². The number of ether oxygens (including phenoxy) is 2. The molecule has 0 bridgehead atoms. The molecule has 1 fully saturated rings. The summed E-state index contributed by atoms with van der Waals surface area (Å²) < 4.78 is 10.7. The molecule has 2 heterocycles. The quantitative estimate of drug-likeness (QED) is 0.301. The van der Waals surface area contributed by atoms with Crippen LogP contribution in [0.3, 0.4) is 0 Å². The Balaban J connectivity index is 1.32. The number of piperazine rings is 1. The van der Waals surface area contributed by atoms with E-state index >= 15 is 0 Å². The molecule has 1 unspecified atom stereocenters. The number of amides is 1. The van der Waals surface area contributed by atoms with E-state index in [9.17, 15) is 14.4 Å². The number of anilines is 3. The first-order valence-corrected chi connectivity index (χ1v) is 13.3. The topological polar surface area (TPSA) is 101 Å². The average molecular weight is 549 g/mol. The van der Waals surface area contributed by atoms with Crippen LogP contribution in [0, 0.1) is 0 Å². The van der Waals surface area contributed by atoms with Crippen molar-refractivity contribution in [1.82, 2.24) is 9.88 Å². The molecule has 5 aromatic rings. The summed E-state index contributed by atoms with van der Waals surface area (Å²) in [7, 11) is 3.08. The van der Waals surface area contributed by atoms with Crippen molar-refractivity contribution in [2.45, 2.75) is 6.04 Å². The molecule has 0 spiro atoms. The molecule has 1 aromatic heterocycles. The van der Waals surface area contributed by atoms with E-state index in [2.05, 4.69) is 10.3 Å². The van der Waals surface area contributed by atoms with Crippen molar-refractivity contribution < 1.29 is 14.3 Å². The van der Waals surface area contributed by atoms with Crippen LogP contribution in [0.25, 0.3) is 10.9 Å². The van der Waals surface area contributed by atoms with Gasteiger partial charge in [0.1, 0.15) is 11.4 Å². The van der Waals surface area contributed by atoms with Crippen LogP contribution < -0.4 is 30.5 Å². The van der Waals surface area contributed by atoms with E-state index in [0.29, 0.717) is 48.1 Å². The zero-order valence-electron chi connectivity index (χ0n) is 22.7. The second-order valence-electron chi connectivity index (χ2n) is 9.82. The van der Waals surface area contributed by atoms with Crippen LogP contribution in [0.15, 0.2) is 94.6 Å². The lowest BCUT2D eigenvalue weighted by Gasteiger charge is -2.43. The second-order valence-corrected chi connectivity index (χ2v) is 9.82. The second kappa shape index (κ2) is 10.8. The van der Waals surface area contributed by atoms with Crippen LogP contribution in [0.1, 0.15) is 22.0 Å². The van der Waals surface area contributed by atoms with Crippen LogP contribution >= 0.6 is 0 Å². The Morgan fingerprint density at radius 3 is 2.46 bits per heavy atom. The summed E-state index contributed by atoms with van der Waals surface area (Å²) in [6, 6.07) is 23.8. The maximum atomic E-state index is 13.8. The SMILES string of the molecule is COc1ccc(C(=O)N2CCN(c3c(Nc4cccc5ncccc45)c(=O)c3=O)CC2c2ccccc2)cc1OC. The molecule has 0 saturated carbocycles. The zero-order chi connectivity index (χ0) is 28.5. The van der Waals surface area contributed by atoms with Gasteiger partial charge in [-0.3, -0.25) is 19.4 Å². The molecule has 6 rings (SSSR count). The predicted molar refractivity (Wildman–Crippen MR) is 158 cm³/mol. The van der Waals surface area contributed by atoms with Crippen LogP contribution in [-0.4, -0.2) is 49.6 Å². The lowest BCUT2D eigenvalue weighted by molar-refractivity contribution is 0.0654. The lowest BCUT2D eigenvalue weighted by atomic mass is 9.99. The largest absolute Gasteiger partial charge is 0.493 e. The number of methoxy groups -OCH3 is 2. The Morgan fingerprint density at radius 1 is 0.878 bits per heavy atom. The Kier molecular flexibility index (Phi) is 6.84. The first-order chi connectivity index (χ1) is 20.0. The molecule has 0 radical (unpaired) electrons. The molecule has 0 aliphatic carbocycles. The summed E-state index contributed by atoms with van der Waals surface area (Å²) in [5, 5.41) is 4.06. The van der Waals surface area contributed by atoms with Gasteiger partial charge < -0.3 is 24.6 Å². The number of nitrogens with one attached hydrogen (secondary N) is 1. The molecule has 206 valence electrons. The number of hydrogen-bond acceptors (Lipinski definition) is 8. The van der Waals surface area contributed by atoms with Gasteiger partial charge in [-0.15, -0.1) is 0 Å². The fourth-order valence-electron chi connectivity index (χ4n) is 5.47. The maximum Gasteiger partial charge on any atom is 0.254 e. The summed E-state index contributed by atoms with van der Waals surface area (Å²) >= 11 is 0. The van der Waals surface area contributed by atoms with Crippen LogP contribution in [0.4, 0.5) is 17.1 Å². The minimum atomic E-state index is -0.555. The number of pyridine rings is 1. The number of nitrogens with zero attached hydrogens (tertiary/aromatic N) is 3. The molecule has 1 atom stereocenters. The predicted octanol–water partition coefficient (Wildman–Crippen LogP) is 4.30. The molecule has 1 amide bonds. The third kappa shape index (κ3) is 4.65. The highest BCUT2D eigenvalue weighted by molar-refractivity contribution is 5.96. The average Bonchev–Trinajstić information content (AvgIpc) is 3.04. The van der Waals surface area contributed by atoms with E-state index in [1.54, 1.807) is 31.5 Å². The zero-order valence-corrected chi connectivity index (χ0v) is 22.7. The van der Waals surface area contributed by atoms with Crippen molar-refractivity contribution in [2.24, 2.45) is 0 Å². The maximum absolute atomic E-state index is 13.8. The molecule has 9 heteroatoms. The van der Waals surface area contributed by atoms with E-state index in [1.165, 1.54) is 7.11 Å². The highest BCUT2D eigenvalue weighted by atomic mass is 16.5. The van der Waals surface area contributed by atoms with E-state index in [-0.39, 0.29) is 17.6 Å². The van der Waals surface area contributed by atoms with Crippen LogP contribution in [0.2, 0.25) is 0 Å². The number of benzene rings is 3. The molecule has 9 nitrogen and oxygen atoms in total. The molecular weight excluding hydrogens is 520 g/mol. The number of hydrogen-bond donors (Lipinski definition) is 1. The molecule has 1 N–H and O–H groups in total. The third-order valence-electron chi connectivity index (χ3n) is 7.56. The number of aromatic nitrogens is 1. The summed E-state index contributed by atoms with van der Waals surface area (Å²) in [5.74, 6) is 0.845. The van der Waals surface area contributed by atoms with Gasteiger partial charge in [0.15, 0.2) is 11.5 Å². The molecule has 1 saturated heterocycles. The lowest BCUT2D eigenvalue weighted by Crippen LogP contribution is -2.54. The Hall–Kier alpha value is -5.18. The van der Waals surface area contributed by atoms with E-state index in [4.69, 9.17) is 9.47 Å². The molecule has 4 aromatic carbocycles. The third-order valence-corrected chi connectivity index (χ3v) is 7.56. The molecule has 41 heavy (non-hydrogen) atoms. The van der Waals surface area contributed by atoms with Crippen molar-refractivity contribution in [3.63, 3.8) is 0 Å². The Morgan fingerprint density at radius 2 is 1.68 bits per heavy atom. The van der Waals surface area contributed by atoms with Crippen molar-refractivity contribution in [3.05, 3.63) is 117 Å². The van der Waals surface area contributed by atoms with E-state index in [1.807, 2.05) is 70.5 Å². The van der Waals surface area contributed by atoms with Gasteiger partial charge in [0.25, 0.3) is 16.8 Å². The summed E-state index contributed by atoms with van der Waals surface area (Å²) in [4.78, 5) is 47.6. The highest BCUT2D eigenvalue weighted by Crippen LogP contribution is 2.35. The molecular formula is C32H28N4O5. The van der Waals surface area contributed by atoms with Crippen LogP contribution in [-0.2, 0) is 0 Å². The fraction of sp³-hybridized carbons (Fsp3) is 0.188. The number of carbonyl (C=O) groups excluding carboxylic acids is 1. The monoisotopic (exact) mass is 548 g/mol. The van der Waals surface area contributed by atoms with Gasteiger partial charge in [-0.2, -0.15) is 0 Å². The van der Waals surface area contributed by atoms with Gasteiger partial charge in [0.05, 0.1) is 25.8 Å². The first kappa shape index (κ1) is 26.1. The standard InChI is InChI=1S/C32H28N4O5/c1-40-26-14-13-21(18-27(26)41-2)32(39)36-17-16-35(19-25(36)20-8-4-3-5-9-20)29-28(30(37)31(29)38)34-24-12-6-11-23-22(24)10-7-15-33-23/h3-15,18,25,34H,16-17,19H2,1-2H3. The summed E-state index contributed by atoms with van der Waals surface area (Å²) in [6.45, 7) is 1.09. The number of fused-ring (bicyclic) bond motifs is 1. The van der Waals surface area contributed by atoms with Gasteiger partial charge in [0.2, 0.25) is 0 Å². The molecule has 1 aliphatic heterocycles. The van der Waals surface area contributed by atoms with Crippen molar-refractivity contribution >= 4 is 33.9 Å². The van der Waals surface area contributed by atoms with Crippen molar-refractivity contribution in [3.8, 4) is 11.5 Å². The minimum absolute atomic E-state index is 0.161. The van der Waals surface area contributed by atoms with Gasteiger partial charge >= 0.3 is 0 Å². The van der Waals surface area contributed by atoms with Gasteiger partial charge in [-0.1, -0.05) is 36.4 Å². The highest BCUT2D eigenvalue weighted by Gasteiger charge is 2.36. The van der Waals surface area contributed by atoms with Crippen molar-refractivity contribution in [2.75, 3.05) is 44.1 Å². The van der Waals surface area contributed by atoms with Gasteiger partial charge in [-0.05, 0) is 48.0 Å². The fourth-order valence-corrected chi connectivity index (χ4v) is 5.47. The van der Waals surface area contributed by atoms with E-state index < -0.39 is 10.9 Å². The van der Waals surface area contributed by atoms with E-state index in [0.717, 1.165) is 16.5 Å². The normalized spacial score (nSPS) is 15.2. The number of carbonyl (C=O) groups is 1.